The Bertz CT molecular complexity index is 951. The van der Waals surface area contributed by atoms with Crippen LogP contribution in [0.5, 0.6) is 0 Å². The number of hydrogen-bond donors (Lipinski definition) is 1. The van der Waals surface area contributed by atoms with E-state index >= 15 is 0 Å². The summed E-state index contributed by atoms with van der Waals surface area (Å²) in [4.78, 5) is 51.8. The van der Waals surface area contributed by atoms with Gasteiger partial charge < -0.3 is 14.6 Å². The average molecular weight is 449 g/mol. The molecule has 3 heterocycles. The second-order valence-corrected chi connectivity index (χ2v) is 8.04. The molecule has 4 rings (SSSR count). The first-order valence-corrected chi connectivity index (χ1v) is 10.4. The molecule has 3 aliphatic rings. The first-order chi connectivity index (χ1) is 14.8. The Hall–Kier alpha value is -2.75. The summed E-state index contributed by atoms with van der Waals surface area (Å²) in [5.74, 6) is -3.34. The lowest BCUT2D eigenvalue weighted by molar-refractivity contribution is -0.158. The highest BCUT2D eigenvalue weighted by Crippen LogP contribution is 2.37. The van der Waals surface area contributed by atoms with Crippen LogP contribution in [0.2, 0.25) is 0 Å². The van der Waals surface area contributed by atoms with Crippen LogP contribution in [0.25, 0.3) is 0 Å². The van der Waals surface area contributed by atoms with E-state index in [9.17, 15) is 24.3 Å². The summed E-state index contributed by atoms with van der Waals surface area (Å²) in [6.07, 6.45) is 2.18. The summed E-state index contributed by atoms with van der Waals surface area (Å²) in [5, 5.41) is 9.70. The van der Waals surface area contributed by atoms with E-state index in [0.717, 1.165) is 22.6 Å². The number of nitrogens with zero attached hydrogens (tertiary/aromatic N) is 2. The van der Waals surface area contributed by atoms with Crippen LogP contribution in [0.15, 0.2) is 35.5 Å². The number of imide groups is 1. The van der Waals surface area contributed by atoms with Gasteiger partial charge in [-0.05, 0) is 43.9 Å². The van der Waals surface area contributed by atoms with Gasteiger partial charge in [0.05, 0.1) is 17.7 Å². The maximum Gasteiger partial charge on any atom is 0.352 e. The van der Waals surface area contributed by atoms with Crippen LogP contribution in [-0.2, 0) is 19.1 Å². The molecule has 0 aromatic heterocycles. The number of β-lactam (4-membered cyclic amide) rings is 1. The minimum atomic E-state index is -1.36. The number of aliphatic carboxylic acids is 1. The number of ether oxygens (including phenoxy) is 2. The fraction of sp³-hybridized carbons (Fsp3) is 0.429. The van der Waals surface area contributed by atoms with Gasteiger partial charge in [0.25, 0.3) is 17.7 Å². The van der Waals surface area contributed by atoms with Gasteiger partial charge in [-0.2, -0.15) is 0 Å². The van der Waals surface area contributed by atoms with Crippen LogP contribution in [0.3, 0.4) is 0 Å². The van der Waals surface area contributed by atoms with Crippen LogP contribution >= 0.6 is 11.6 Å². The standard InChI is InChI=1S/C21H21ClN2O7/c1-11(10-31-14-8-4-5-9-30-14)15(21(28)29)23-17(22)16(20(23)27)24-18(25)12-6-2-3-7-13(12)19(24)26/h2-3,6-7,14,16-17H,4-5,8-10H2,1H3,(H,28,29)/t14?,16-,17+/m1/s1. The van der Waals surface area contributed by atoms with Crippen molar-refractivity contribution >= 4 is 35.3 Å². The lowest BCUT2D eigenvalue weighted by atomic mass is 10.0. The summed E-state index contributed by atoms with van der Waals surface area (Å²) in [6.45, 7) is 2.05. The normalized spacial score (nSPS) is 26.5. The molecule has 1 N–H and O–H groups in total. The van der Waals surface area contributed by atoms with Crippen molar-refractivity contribution in [2.45, 2.75) is 44.0 Å². The largest absolute Gasteiger partial charge is 0.477 e. The van der Waals surface area contributed by atoms with E-state index in [1.54, 1.807) is 12.1 Å². The predicted octanol–water partition coefficient (Wildman–Crippen LogP) is 1.96. The fourth-order valence-electron chi connectivity index (χ4n) is 3.99. The molecule has 1 unspecified atom stereocenters. The molecule has 0 bridgehead atoms. The van der Waals surface area contributed by atoms with Gasteiger partial charge in [-0.3, -0.25) is 24.2 Å². The Morgan fingerprint density at radius 3 is 2.35 bits per heavy atom. The SMILES string of the molecule is CC(COC1CCCCO1)=C(C(=O)O)N1C(=O)[C@H](N2C(=O)c3ccccc3C2=O)[C@H]1Cl. The first kappa shape index (κ1) is 21.5. The van der Waals surface area contributed by atoms with Gasteiger partial charge in [-0.15, -0.1) is 0 Å². The van der Waals surface area contributed by atoms with Crippen molar-refractivity contribution in [3.8, 4) is 0 Å². The van der Waals surface area contributed by atoms with Gasteiger partial charge in [0.1, 0.15) is 11.2 Å². The molecule has 2 saturated heterocycles. The zero-order chi connectivity index (χ0) is 22.3. The molecule has 10 heteroatoms. The van der Waals surface area contributed by atoms with Crippen LogP contribution in [0, 0.1) is 0 Å². The summed E-state index contributed by atoms with van der Waals surface area (Å²) in [7, 11) is 0. The number of carboxylic acid groups (broad SMARTS) is 1. The van der Waals surface area contributed by atoms with Gasteiger partial charge in [-0.1, -0.05) is 23.7 Å². The zero-order valence-electron chi connectivity index (χ0n) is 16.7. The Labute approximate surface area is 183 Å². The lowest BCUT2D eigenvalue weighted by Gasteiger charge is -2.46. The van der Waals surface area contributed by atoms with Crippen molar-refractivity contribution in [1.82, 2.24) is 9.80 Å². The number of alkyl halides is 1. The molecule has 1 aromatic rings. The molecule has 3 atom stereocenters. The second-order valence-electron chi connectivity index (χ2n) is 7.59. The molecule has 0 radical (unpaired) electrons. The monoisotopic (exact) mass is 448 g/mol. The van der Waals surface area contributed by atoms with Crippen molar-refractivity contribution in [1.29, 1.82) is 0 Å². The first-order valence-electron chi connectivity index (χ1n) is 9.93. The van der Waals surface area contributed by atoms with Crippen LogP contribution in [0.4, 0.5) is 0 Å². The minimum absolute atomic E-state index is 0.0582. The van der Waals surface area contributed by atoms with Crippen molar-refractivity contribution in [2.75, 3.05) is 13.2 Å². The van der Waals surface area contributed by atoms with Gasteiger partial charge >= 0.3 is 5.97 Å². The molecule has 31 heavy (non-hydrogen) atoms. The molecular weight excluding hydrogens is 428 g/mol. The number of benzene rings is 1. The lowest BCUT2D eigenvalue weighted by Crippen LogP contribution is -2.69. The second kappa shape index (κ2) is 8.41. The van der Waals surface area contributed by atoms with Crippen molar-refractivity contribution in [3.63, 3.8) is 0 Å². The number of fused-ring (bicyclic) bond motifs is 1. The predicted molar refractivity (Wildman–Crippen MR) is 107 cm³/mol. The molecule has 9 nitrogen and oxygen atoms in total. The number of carbonyl (C=O) groups excluding carboxylic acids is 3. The summed E-state index contributed by atoms with van der Waals surface area (Å²) in [6, 6.07) is 4.95. The molecule has 0 spiro atoms. The van der Waals surface area contributed by atoms with E-state index in [0.29, 0.717) is 13.0 Å². The summed E-state index contributed by atoms with van der Waals surface area (Å²) >= 11 is 6.36. The molecule has 0 saturated carbocycles. The van der Waals surface area contributed by atoms with E-state index in [1.807, 2.05) is 0 Å². The van der Waals surface area contributed by atoms with Gasteiger partial charge in [0.2, 0.25) is 0 Å². The van der Waals surface area contributed by atoms with Gasteiger partial charge in [0, 0.05) is 6.61 Å². The highest BCUT2D eigenvalue weighted by atomic mass is 35.5. The number of carboxylic acids is 1. The number of likely N-dealkylation sites (tertiary alicyclic amines) is 1. The molecule has 2 fully saturated rings. The van der Waals surface area contributed by atoms with E-state index in [4.69, 9.17) is 21.1 Å². The summed E-state index contributed by atoms with van der Waals surface area (Å²) in [5.41, 5.74) is -0.876. The fourth-order valence-corrected chi connectivity index (χ4v) is 4.40. The third-order valence-corrected chi connectivity index (χ3v) is 6.01. The van der Waals surface area contributed by atoms with Crippen molar-refractivity contribution in [3.05, 3.63) is 46.7 Å². The third-order valence-electron chi connectivity index (χ3n) is 5.57. The third kappa shape index (κ3) is 3.62. The van der Waals surface area contributed by atoms with E-state index < -0.39 is 41.5 Å². The zero-order valence-corrected chi connectivity index (χ0v) is 17.5. The number of halogens is 1. The maximum absolute atomic E-state index is 12.9. The quantitative estimate of drug-likeness (QED) is 0.232. The highest BCUT2D eigenvalue weighted by molar-refractivity contribution is 6.30. The summed E-state index contributed by atoms with van der Waals surface area (Å²) < 4.78 is 11.1. The molecule has 1 aromatic carbocycles. The maximum atomic E-state index is 12.9. The molecule has 3 amide bonds. The Kier molecular flexibility index (Phi) is 5.83. The average Bonchev–Trinajstić information content (AvgIpc) is 3.01. The Morgan fingerprint density at radius 2 is 1.84 bits per heavy atom. The van der Waals surface area contributed by atoms with Gasteiger partial charge in [-0.25, -0.2) is 4.79 Å². The number of amides is 3. The molecule has 164 valence electrons. The van der Waals surface area contributed by atoms with E-state index in [1.165, 1.54) is 19.1 Å². The van der Waals surface area contributed by atoms with Crippen LogP contribution < -0.4 is 0 Å². The van der Waals surface area contributed by atoms with E-state index in [2.05, 4.69) is 0 Å². The highest BCUT2D eigenvalue weighted by Gasteiger charge is 2.57. The Morgan fingerprint density at radius 1 is 1.19 bits per heavy atom. The molecule has 0 aliphatic carbocycles. The molecular formula is C21H21ClN2O7. The van der Waals surface area contributed by atoms with Crippen LogP contribution in [0.1, 0.15) is 46.9 Å². The van der Waals surface area contributed by atoms with Crippen molar-refractivity contribution in [2.24, 2.45) is 0 Å². The smallest absolute Gasteiger partial charge is 0.352 e. The Balaban J connectivity index is 1.52. The number of hydrogen-bond acceptors (Lipinski definition) is 6. The van der Waals surface area contributed by atoms with E-state index in [-0.39, 0.29) is 29.0 Å². The van der Waals surface area contributed by atoms with Crippen LogP contribution in [-0.4, -0.2) is 69.6 Å². The van der Waals surface area contributed by atoms with Gasteiger partial charge in [0.15, 0.2) is 12.3 Å². The minimum Gasteiger partial charge on any atom is -0.477 e. The number of rotatable bonds is 6. The topological polar surface area (TPSA) is 113 Å². The molecule has 3 aliphatic heterocycles. The number of carbonyl (C=O) groups is 4. The van der Waals surface area contributed by atoms with Crippen molar-refractivity contribution < 1.29 is 33.8 Å².